The normalized spacial score (nSPS) is 10.8. The third kappa shape index (κ3) is 2.11. The summed E-state index contributed by atoms with van der Waals surface area (Å²) in [5.74, 6) is 0. The van der Waals surface area contributed by atoms with Gasteiger partial charge in [-0.2, -0.15) is 5.26 Å². The molecule has 0 spiro atoms. The molecule has 0 saturated carbocycles. The Labute approximate surface area is 79.4 Å². The standard InChI is InChI=1S/C9H7BrN2/c10-8-3-1-7(2-4-8)9(12)5-6-11/h1-5H,12H2. The van der Waals surface area contributed by atoms with Gasteiger partial charge >= 0.3 is 0 Å². The molecule has 0 aromatic heterocycles. The molecule has 0 heterocycles. The van der Waals surface area contributed by atoms with Gasteiger partial charge in [0.05, 0.1) is 6.07 Å². The van der Waals surface area contributed by atoms with Crippen LogP contribution in [0.25, 0.3) is 5.70 Å². The third-order valence-corrected chi connectivity index (χ3v) is 1.93. The third-order valence-electron chi connectivity index (χ3n) is 1.40. The van der Waals surface area contributed by atoms with E-state index in [1.165, 1.54) is 6.08 Å². The predicted molar refractivity (Wildman–Crippen MR) is 51.9 cm³/mol. The fourth-order valence-electron chi connectivity index (χ4n) is 0.795. The quantitative estimate of drug-likeness (QED) is 0.742. The molecule has 0 saturated heterocycles. The lowest BCUT2D eigenvalue weighted by Gasteiger charge is -1.98. The van der Waals surface area contributed by atoms with Crippen molar-refractivity contribution in [1.29, 1.82) is 5.26 Å². The predicted octanol–water partition coefficient (Wildman–Crippen LogP) is 2.27. The summed E-state index contributed by atoms with van der Waals surface area (Å²) in [5, 5.41) is 8.34. The number of nitriles is 1. The molecule has 0 atom stereocenters. The maximum absolute atomic E-state index is 8.34. The Morgan fingerprint density at radius 1 is 1.42 bits per heavy atom. The van der Waals surface area contributed by atoms with Crippen molar-refractivity contribution in [3.8, 4) is 6.07 Å². The van der Waals surface area contributed by atoms with Crippen molar-refractivity contribution in [1.82, 2.24) is 0 Å². The summed E-state index contributed by atoms with van der Waals surface area (Å²) in [6.07, 6.45) is 1.32. The summed E-state index contributed by atoms with van der Waals surface area (Å²) in [4.78, 5) is 0. The highest BCUT2D eigenvalue weighted by Gasteiger charge is 1.94. The van der Waals surface area contributed by atoms with E-state index in [9.17, 15) is 0 Å². The molecule has 0 radical (unpaired) electrons. The lowest BCUT2D eigenvalue weighted by molar-refractivity contribution is 1.48. The fourth-order valence-corrected chi connectivity index (χ4v) is 1.06. The second kappa shape index (κ2) is 3.93. The Bertz CT molecular complexity index is 333. The molecular formula is C9H7BrN2. The zero-order valence-electron chi connectivity index (χ0n) is 6.29. The van der Waals surface area contributed by atoms with E-state index in [2.05, 4.69) is 15.9 Å². The molecule has 0 bridgehead atoms. The van der Waals surface area contributed by atoms with Gasteiger partial charge in [-0.1, -0.05) is 28.1 Å². The molecule has 60 valence electrons. The van der Waals surface area contributed by atoms with Gasteiger partial charge in [0.2, 0.25) is 0 Å². The molecule has 12 heavy (non-hydrogen) atoms. The minimum atomic E-state index is 0.491. The number of nitrogens with two attached hydrogens (primary N) is 1. The first kappa shape index (κ1) is 8.82. The number of benzene rings is 1. The molecule has 2 nitrogen and oxygen atoms in total. The average molecular weight is 223 g/mol. The average Bonchev–Trinajstić information content (AvgIpc) is 2.06. The Hall–Kier alpha value is -1.27. The second-order valence-electron chi connectivity index (χ2n) is 2.24. The molecular weight excluding hydrogens is 216 g/mol. The van der Waals surface area contributed by atoms with Gasteiger partial charge in [-0.15, -0.1) is 0 Å². The van der Waals surface area contributed by atoms with Gasteiger partial charge in [0, 0.05) is 16.2 Å². The van der Waals surface area contributed by atoms with E-state index in [1.807, 2.05) is 30.3 Å². The lowest BCUT2D eigenvalue weighted by atomic mass is 10.1. The van der Waals surface area contributed by atoms with E-state index in [-0.39, 0.29) is 0 Å². The van der Waals surface area contributed by atoms with E-state index in [1.54, 1.807) is 0 Å². The van der Waals surface area contributed by atoms with Crippen LogP contribution in [0.3, 0.4) is 0 Å². The summed E-state index contributed by atoms with van der Waals surface area (Å²) in [7, 11) is 0. The highest BCUT2D eigenvalue weighted by molar-refractivity contribution is 9.10. The maximum Gasteiger partial charge on any atom is 0.0933 e. The molecule has 1 aromatic carbocycles. The number of allylic oxidation sites excluding steroid dienone is 1. The zero-order chi connectivity index (χ0) is 8.97. The number of hydrogen-bond donors (Lipinski definition) is 1. The topological polar surface area (TPSA) is 49.8 Å². The summed E-state index contributed by atoms with van der Waals surface area (Å²) < 4.78 is 0.996. The summed E-state index contributed by atoms with van der Waals surface area (Å²) in [5.41, 5.74) is 6.93. The lowest BCUT2D eigenvalue weighted by Crippen LogP contribution is -1.94. The molecule has 0 amide bonds. The zero-order valence-corrected chi connectivity index (χ0v) is 7.88. The molecule has 1 aromatic rings. The number of halogens is 1. The van der Waals surface area contributed by atoms with Crippen LogP contribution in [0.15, 0.2) is 34.8 Å². The molecule has 3 heteroatoms. The van der Waals surface area contributed by atoms with Gasteiger partial charge < -0.3 is 5.73 Å². The van der Waals surface area contributed by atoms with Gasteiger partial charge in [0.25, 0.3) is 0 Å². The van der Waals surface area contributed by atoms with Crippen molar-refractivity contribution in [2.45, 2.75) is 0 Å². The first-order valence-corrected chi connectivity index (χ1v) is 4.14. The molecule has 0 aliphatic carbocycles. The summed E-state index contributed by atoms with van der Waals surface area (Å²) in [6.45, 7) is 0. The number of hydrogen-bond acceptors (Lipinski definition) is 2. The molecule has 0 fully saturated rings. The van der Waals surface area contributed by atoms with Crippen molar-refractivity contribution >= 4 is 21.6 Å². The molecule has 0 aliphatic rings. The Morgan fingerprint density at radius 3 is 2.50 bits per heavy atom. The van der Waals surface area contributed by atoms with Gasteiger partial charge in [-0.3, -0.25) is 0 Å². The SMILES string of the molecule is N#CC=C(N)c1ccc(Br)cc1. The van der Waals surface area contributed by atoms with Crippen LogP contribution in [-0.2, 0) is 0 Å². The molecule has 1 rings (SSSR count). The van der Waals surface area contributed by atoms with Gasteiger partial charge in [-0.05, 0) is 17.7 Å². The van der Waals surface area contributed by atoms with Crippen LogP contribution in [0.1, 0.15) is 5.56 Å². The van der Waals surface area contributed by atoms with Crippen molar-refractivity contribution in [2.24, 2.45) is 5.73 Å². The Kier molecular flexibility index (Phi) is 2.89. The van der Waals surface area contributed by atoms with E-state index >= 15 is 0 Å². The Morgan fingerprint density at radius 2 is 2.00 bits per heavy atom. The van der Waals surface area contributed by atoms with Crippen LogP contribution in [0, 0.1) is 11.3 Å². The van der Waals surface area contributed by atoms with Crippen LogP contribution in [-0.4, -0.2) is 0 Å². The van der Waals surface area contributed by atoms with Crippen LogP contribution >= 0.6 is 15.9 Å². The molecule has 0 unspecified atom stereocenters. The van der Waals surface area contributed by atoms with Crippen molar-refractivity contribution in [3.63, 3.8) is 0 Å². The number of nitrogens with zero attached hydrogens (tertiary/aromatic N) is 1. The maximum atomic E-state index is 8.34. The largest absolute Gasteiger partial charge is 0.398 e. The Balaban J connectivity index is 2.99. The highest BCUT2D eigenvalue weighted by atomic mass is 79.9. The smallest absolute Gasteiger partial charge is 0.0933 e. The molecule has 0 aliphatic heterocycles. The first-order valence-electron chi connectivity index (χ1n) is 3.35. The monoisotopic (exact) mass is 222 g/mol. The highest BCUT2D eigenvalue weighted by Crippen LogP contribution is 2.13. The van der Waals surface area contributed by atoms with E-state index in [0.717, 1.165) is 10.0 Å². The van der Waals surface area contributed by atoms with Gasteiger partial charge in [0.15, 0.2) is 0 Å². The van der Waals surface area contributed by atoms with Crippen LogP contribution in [0.4, 0.5) is 0 Å². The summed E-state index contributed by atoms with van der Waals surface area (Å²) >= 11 is 3.31. The minimum absolute atomic E-state index is 0.491. The molecule has 2 N–H and O–H groups in total. The van der Waals surface area contributed by atoms with Crippen LogP contribution < -0.4 is 5.73 Å². The van der Waals surface area contributed by atoms with Crippen LogP contribution in [0.5, 0.6) is 0 Å². The van der Waals surface area contributed by atoms with E-state index < -0.39 is 0 Å². The first-order chi connectivity index (χ1) is 5.74. The van der Waals surface area contributed by atoms with Crippen molar-refractivity contribution in [2.75, 3.05) is 0 Å². The van der Waals surface area contributed by atoms with Gasteiger partial charge in [0.1, 0.15) is 0 Å². The summed E-state index contributed by atoms with van der Waals surface area (Å²) in [6, 6.07) is 9.36. The fraction of sp³-hybridized carbons (Fsp3) is 0. The number of rotatable bonds is 1. The second-order valence-corrected chi connectivity index (χ2v) is 3.15. The van der Waals surface area contributed by atoms with Crippen molar-refractivity contribution in [3.05, 3.63) is 40.4 Å². The van der Waals surface area contributed by atoms with E-state index in [4.69, 9.17) is 11.0 Å². The van der Waals surface area contributed by atoms with Gasteiger partial charge in [-0.25, -0.2) is 0 Å². The van der Waals surface area contributed by atoms with Crippen LogP contribution in [0.2, 0.25) is 0 Å². The minimum Gasteiger partial charge on any atom is -0.398 e. The van der Waals surface area contributed by atoms with E-state index in [0.29, 0.717) is 5.70 Å². The van der Waals surface area contributed by atoms with Crippen molar-refractivity contribution < 1.29 is 0 Å².